The molecule has 1 aliphatic rings. The van der Waals surface area contributed by atoms with Crippen LogP contribution in [0.25, 0.3) is 0 Å². The Morgan fingerprint density at radius 2 is 1.76 bits per heavy atom. The van der Waals surface area contributed by atoms with Crippen molar-refractivity contribution >= 4 is 10.0 Å². The third kappa shape index (κ3) is 5.63. The number of nitrogens with one attached hydrogen (secondary N) is 1. The largest absolute Gasteiger partial charge is 0.379 e. The molecule has 1 heterocycles. The van der Waals surface area contributed by atoms with E-state index in [9.17, 15) is 12.8 Å². The van der Waals surface area contributed by atoms with Gasteiger partial charge in [-0.15, -0.1) is 0 Å². The van der Waals surface area contributed by atoms with Crippen LogP contribution >= 0.6 is 0 Å². The molecule has 1 aliphatic heterocycles. The summed E-state index contributed by atoms with van der Waals surface area (Å²) >= 11 is 0. The lowest BCUT2D eigenvalue weighted by Crippen LogP contribution is -2.43. The summed E-state index contributed by atoms with van der Waals surface area (Å²) in [5.41, 5.74) is 1.77. The van der Waals surface area contributed by atoms with E-state index >= 15 is 0 Å². The number of ether oxygens (including phenoxy) is 1. The van der Waals surface area contributed by atoms with Gasteiger partial charge in [0.25, 0.3) is 0 Å². The summed E-state index contributed by atoms with van der Waals surface area (Å²) in [7, 11) is -3.68. The Labute approximate surface area is 172 Å². The number of nitrogens with zero attached hydrogens (tertiary/aromatic N) is 1. The molecule has 0 aliphatic carbocycles. The molecule has 1 atom stereocenters. The maximum Gasteiger partial charge on any atom is 0.240 e. The summed E-state index contributed by atoms with van der Waals surface area (Å²) in [5, 5.41) is 0. The third-order valence-corrected chi connectivity index (χ3v) is 6.66. The summed E-state index contributed by atoms with van der Waals surface area (Å²) < 4.78 is 47.6. The van der Waals surface area contributed by atoms with E-state index in [0.29, 0.717) is 26.3 Å². The molecule has 0 radical (unpaired) electrons. The summed E-state index contributed by atoms with van der Waals surface area (Å²) in [6.07, 6.45) is 0. The Morgan fingerprint density at radius 1 is 1.10 bits per heavy atom. The van der Waals surface area contributed by atoms with Crippen LogP contribution in [0, 0.1) is 5.82 Å². The second-order valence-electron chi connectivity index (χ2n) is 8.35. The van der Waals surface area contributed by atoms with Gasteiger partial charge in [-0.05, 0) is 40.8 Å². The topological polar surface area (TPSA) is 58.6 Å². The van der Waals surface area contributed by atoms with E-state index in [1.54, 1.807) is 18.2 Å². The summed E-state index contributed by atoms with van der Waals surface area (Å²) in [6, 6.07) is 13.0. The normalized spacial score (nSPS) is 17.2. The first-order chi connectivity index (χ1) is 13.7. The molecule has 2 aromatic carbocycles. The molecule has 1 N–H and O–H groups in total. The highest BCUT2D eigenvalue weighted by Crippen LogP contribution is 2.25. The molecule has 1 saturated heterocycles. The van der Waals surface area contributed by atoms with Gasteiger partial charge in [0.2, 0.25) is 10.0 Å². The molecular weight excluding hydrogens is 391 g/mol. The Kier molecular flexibility index (Phi) is 6.73. The van der Waals surface area contributed by atoms with Gasteiger partial charge in [0.05, 0.1) is 18.1 Å². The van der Waals surface area contributed by atoms with Crippen molar-refractivity contribution in [2.45, 2.75) is 37.1 Å². The molecule has 29 heavy (non-hydrogen) atoms. The van der Waals surface area contributed by atoms with E-state index in [1.165, 1.54) is 12.1 Å². The molecule has 7 heteroatoms. The van der Waals surface area contributed by atoms with Gasteiger partial charge >= 0.3 is 0 Å². The summed E-state index contributed by atoms with van der Waals surface area (Å²) in [5.74, 6) is -0.332. The lowest BCUT2D eigenvalue weighted by atomic mass is 9.87. The van der Waals surface area contributed by atoms with Crippen molar-refractivity contribution < 1.29 is 17.5 Å². The van der Waals surface area contributed by atoms with Crippen LogP contribution in [0.3, 0.4) is 0 Å². The number of rotatable bonds is 6. The Hall–Kier alpha value is -1.80. The first kappa shape index (κ1) is 21.9. The van der Waals surface area contributed by atoms with Gasteiger partial charge in [-0.1, -0.05) is 45.0 Å². The number of benzene rings is 2. The Morgan fingerprint density at radius 3 is 2.34 bits per heavy atom. The lowest BCUT2D eigenvalue weighted by molar-refractivity contribution is 0.0171. The average molecular weight is 421 g/mol. The van der Waals surface area contributed by atoms with Crippen LogP contribution in [0.15, 0.2) is 53.4 Å². The van der Waals surface area contributed by atoms with Crippen LogP contribution in [0.4, 0.5) is 4.39 Å². The molecule has 0 saturated carbocycles. The van der Waals surface area contributed by atoms with Gasteiger partial charge in [-0.25, -0.2) is 17.5 Å². The van der Waals surface area contributed by atoms with Crippen molar-refractivity contribution in [1.82, 2.24) is 9.62 Å². The zero-order valence-corrected chi connectivity index (χ0v) is 18.0. The van der Waals surface area contributed by atoms with E-state index < -0.39 is 10.0 Å². The van der Waals surface area contributed by atoms with E-state index in [4.69, 9.17) is 4.74 Å². The molecule has 5 nitrogen and oxygen atoms in total. The molecular formula is C22H29FN2O3S. The van der Waals surface area contributed by atoms with E-state index in [2.05, 4.69) is 30.4 Å². The van der Waals surface area contributed by atoms with Gasteiger partial charge < -0.3 is 4.74 Å². The molecule has 2 aromatic rings. The zero-order chi connectivity index (χ0) is 21.1. The van der Waals surface area contributed by atoms with Crippen LogP contribution in [0.1, 0.15) is 37.9 Å². The maximum absolute atomic E-state index is 13.8. The minimum Gasteiger partial charge on any atom is -0.379 e. The highest BCUT2D eigenvalue weighted by atomic mass is 32.2. The average Bonchev–Trinajstić information content (AvgIpc) is 2.68. The van der Waals surface area contributed by atoms with Gasteiger partial charge in [-0.3, -0.25) is 4.90 Å². The summed E-state index contributed by atoms with van der Waals surface area (Å²) in [4.78, 5) is 2.36. The SMILES string of the molecule is CC(C)(C)c1ccc(S(=O)(=O)NCC(c2cccc(F)c2)N2CCOCC2)cc1. The predicted octanol–water partition coefficient (Wildman–Crippen LogP) is 3.48. The van der Waals surface area contributed by atoms with Crippen LogP contribution in [-0.4, -0.2) is 46.2 Å². The quantitative estimate of drug-likeness (QED) is 0.777. The molecule has 0 spiro atoms. The monoisotopic (exact) mass is 420 g/mol. The predicted molar refractivity (Wildman–Crippen MR) is 112 cm³/mol. The van der Waals surface area contributed by atoms with Crippen molar-refractivity contribution in [3.8, 4) is 0 Å². The second kappa shape index (κ2) is 8.92. The first-order valence-corrected chi connectivity index (χ1v) is 11.3. The smallest absolute Gasteiger partial charge is 0.240 e. The number of halogens is 1. The standard InChI is InChI=1S/C22H29FN2O3S/c1-22(2,3)18-7-9-20(10-8-18)29(26,27)24-16-21(25-11-13-28-14-12-25)17-5-4-6-19(23)15-17/h4-10,15,21,24H,11-14,16H2,1-3H3. The van der Waals surface area contributed by atoms with Crippen LogP contribution in [-0.2, 0) is 20.2 Å². The van der Waals surface area contributed by atoms with Crippen molar-refractivity contribution in [2.75, 3.05) is 32.8 Å². The number of hydrogen-bond donors (Lipinski definition) is 1. The van der Waals surface area contributed by atoms with Gasteiger partial charge in [-0.2, -0.15) is 0 Å². The van der Waals surface area contributed by atoms with Crippen LogP contribution in [0.5, 0.6) is 0 Å². The fraction of sp³-hybridized carbons (Fsp3) is 0.455. The fourth-order valence-electron chi connectivity index (χ4n) is 3.47. The first-order valence-electron chi connectivity index (χ1n) is 9.84. The number of sulfonamides is 1. The third-order valence-electron chi connectivity index (χ3n) is 5.22. The zero-order valence-electron chi connectivity index (χ0n) is 17.2. The van der Waals surface area contributed by atoms with Crippen molar-refractivity contribution in [3.05, 3.63) is 65.5 Å². The molecule has 0 aromatic heterocycles. The maximum atomic E-state index is 13.8. The molecule has 1 fully saturated rings. The minimum atomic E-state index is -3.68. The van der Waals surface area contributed by atoms with Crippen molar-refractivity contribution in [1.29, 1.82) is 0 Å². The fourth-order valence-corrected chi connectivity index (χ4v) is 4.51. The molecule has 0 bridgehead atoms. The number of morpholine rings is 1. The summed E-state index contributed by atoms with van der Waals surface area (Å²) in [6.45, 7) is 8.90. The van der Waals surface area contributed by atoms with E-state index in [-0.39, 0.29) is 28.7 Å². The van der Waals surface area contributed by atoms with E-state index in [1.807, 2.05) is 18.2 Å². The van der Waals surface area contributed by atoms with Crippen molar-refractivity contribution in [3.63, 3.8) is 0 Å². The highest BCUT2D eigenvalue weighted by Gasteiger charge is 2.25. The number of hydrogen-bond acceptors (Lipinski definition) is 4. The molecule has 3 rings (SSSR count). The van der Waals surface area contributed by atoms with Crippen LogP contribution in [0.2, 0.25) is 0 Å². The Bertz CT molecular complexity index is 918. The van der Waals surface area contributed by atoms with E-state index in [0.717, 1.165) is 11.1 Å². The Balaban J connectivity index is 1.79. The lowest BCUT2D eigenvalue weighted by Gasteiger charge is -2.34. The second-order valence-corrected chi connectivity index (χ2v) is 10.1. The molecule has 0 amide bonds. The molecule has 158 valence electrons. The van der Waals surface area contributed by atoms with Gasteiger partial charge in [0, 0.05) is 25.7 Å². The highest BCUT2D eigenvalue weighted by molar-refractivity contribution is 7.89. The van der Waals surface area contributed by atoms with Gasteiger partial charge in [0.1, 0.15) is 5.82 Å². The van der Waals surface area contributed by atoms with Crippen molar-refractivity contribution in [2.24, 2.45) is 0 Å². The van der Waals surface area contributed by atoms with Gasteiger partial charge in [0.15, 0.2) is 0 Å². The van der Waals surface area contributed by atoms with Crippen LogP contribution < -0.4 is 4.72 Å². The molecule has 1 unspecified atom stereocenters. The minimum absolute atomic E-state index is 0.0471.